The lowest BCUT2D eigenvalue weighted by Gasteiger charge is -2.24. The van der Waals surface area contributed by atoms with Crippen LogP contribution in [0.4, 0.5) is 11.6 Å². The second-order valence-electron chi connectivity index (χ2n) is 7.64. The second-order valence-corrected chi connectivity index (χ2v) is 7.64. The summed E-state index contributed by atoms with van der Waals surface area (Å²) in [5, 5.41) is 7.97. The molecule has 0 fully saturated rings. The molecule has 1 atom stereocenters. The Kier molecular flexibility index (Phi) is 11.6. The molecule has 1 aliphatic heterocycles. The van der Waals surface area contributed by atoms with Crippen molar-refractivity contribution < 1.29 is 0 Å². The van der Waals surface area contributed by atoms with Gasteiger partial charge in [-0.15, -0.1) is 0 Å². The van der Waals surface area contributed by atoms with Crippen molar-refractivity contribution >= 4 is 23.4 Å². The Balaban J connectivity index is 0.000000944. The predicted molar refractivity (Wildman–Crippen MR) is 139 cm³/mol. The molecule has 0 aliphatic carbocycles. The molecular weight excluding hydrogens is 398 g/mol. The largest absolute Gasteiger partial charge is 0.405 e. The molecule has 32 heavy (non-hydrogen) atoms. The van der Waals surface area contributed by atoms with Gasteiger partial charge in [-0.1, -0.05) is 52.8 Å². The normalized spacial score (nSPS) is 14.9. The highest BCUT2D eigenvalue weighted by Gasteiger charge is 2.27. The van der Waals surface area contributed by atoms with Crippen molar-refractivity contribution in [1.82, 2.24) is 19.7 Å². The molecule has 1 unspecified atom stereocenters. The van der Waals surface area contributed by atoms with Gasteiger partial charge in [-0.25, -0.2) is 9.67 Å². The lowest BCUT2D eigenvalue weighted by Crippen LogP contribution is -2.29. The fraction of sp³-hybridized carbons (Fsp3) is 0.520. The number of nitrogens with two attached hydrogens (primary N) is 2. The minimum Gasteiger partial charge on any atom is -0.405 e. The number of aliphatic imine (C=N–C) groups is 1. The van der Waals surface area contributed by atoms with Crippen molar-refractivity contribution in [2.45, 2.75) is 79.4 Å². The van der Waals surface area contributed by atoms with E-state index in [4.69, 9.17) is 10.7 Å². The van der Waals surface area contributed by atoms with Gasteiger partial charge in [-0.2, -0.15) is 5.10 Å². The van der Waals surface area contributed by atoms with Crippen molar-refractivity contribution in [1.29, 1.82) is 0 Å². The first-order chi connectivity index (χ1) is 15.4. The zero-order chi connectivity index (χ0) is 24.3. The molecule has 0 aromatic carbocycles. The first-order valence-electron chi connectivity index (χ1n) is 11.7. The van der Waals surface area contributed by atoms with Crippen LogP contribution in [0.2, 0.25) is 0 Å². The van der Waals surface area contributed by atoms with Crippen molar-refractivity contribution in [2.24, 2.45) is 10.7 Å². The average Bonchev–Trinajstić information content (AvgIpc) is 3.35. The monoisotopic (exact) mass is 441 g/mol. The highest BCUT2D eigenvalue weighted by atomic mass is 15.4. The molecule has 0 radical (unpaired) electrons. The van der Waals surface area contributed by atoms with Gasteiger partial charge in [0.2, 0.25) is 0 Å². The minimum atomic E-state index is 0.102. The van der Waals surface area contributed by atoms with E-state index in [0.29, 0.717) is 6.04 Å². The smallest absolute Gasteiger partial charge is 0.155 e. The Hall–Kier alpha value is -2.80. The summed E-state index contributed by atoms with van der Waals surface area (Å²) in [6, 6.07) is 0.304. The number of nitrogens with one attached hydrogen (secondary N) is 1. The number of aromatic nitrogens is 3. The number of nitrogens with zero attached hydrogens (tertiary/aromatic N) is 4. The van der Waals surface area contributed by atoms with Crippen LogP contribution in [0.5, 0.6) is 0 Å². The van der Waals surface area contributed by atoms with Gasteiger partial charge in [-0.3, -0.25) is 5.32 Å². The van der Waals surface area contributed by atoms with Crippen LogP contribution in [0.15, 0.2) is 36.2 Å². The fourth-order valence-electron chi connectivity index (χ4n) is 3.65. The molecule has 3 rings (SSSR count). The maximum atomic E-state index is 6.50. The number of hydrogen-bond donors (Lipinski definition) is 3. The van der Waals surface area contributed by atoms with Gasteiger partial charge in [0.1, 0.15) is 12.0 Å². The van der Waals surface area contributed by atoms with E-state index >= 15 is 0 Å². The topological polar surface area (TPSA) is 99.2 Å². The van der Waals surface area contributed by atoms with Crippen LogP contribution in [0.25, 0.3) is 6.08 Å². The van der Waals surface area contributed by atoms with Crippen LogP contribution in [-0.2, 0) is 6.42 Å². The van der Waals surface area contributed by atoms with E-state index in [-0.39, 0.29) is 6.17 Å². The van der Waals surface area contributed by atoms with E-state index in [1.165, 1.54) is 11.8 Å². The first kappa shape index (κ1) is 27.2. The van der Waals surface area contributed by atoms with Crippen molar-refractivity contribution in [3.05, 3.63) is 47.9 Å². The standard InChI is InChI=1S/C21H32N6.C2H5N.C2H6/c1-6-8-10-16-17(13-26(14(3)4)20(16)22)18-11-19(23-5)27-21(25-18)15(9-7-2)12-24-27;1-2-3;1-2/h8,10,12-14,19,23H,6-7,9,11,22H2,1-5H3;2H,1,3H2;1-2H3/b10-8-;;. The molecule has 5 N–H and O–H groups in total. The number of fused-ring (bicyclic) bond motifs is 1. The first-order valence-corrected chi connectivity index (χ1v) is 11.7. The molecular formula is C25H43N7. The van der Waals surface area contributed by atoms with E-state index in [2.05, 4.69) is 73.3 Å². The summed E-state index contributed by atoms with van der Waals surface area (Å²) in [5.74, 6) is 1.78. The van der Waals surface area contributed by atoms with Gasteiger partial charge in [0, 0.05) is 35.3 Å². The Bertz CT molecular complexity index is 900. The number of aryl methyl sites for hydroxylation is 1. The number of rotatable bonds is 7. The van der Waals surface area contributed by atoms with E-state index < -0.39 is 0 Å². The summed E-state index contributed by atoms with van der Waals surface area (Å²) in [6.45, 7) is 15.8. The third kappa shape index (κ3) is 6.13. The van der Waals surface area contributed by atoms with Crippen LogP contribution < -0.4 is 16.8 Å². The Morgan fingerprint density at radius 2 is 1.97 bits per heavy atom. The molecule has 1 aliphatic rings. The van der Waals surface area contributed by atoms with Gasteiger partial charge in [0.15, 0.2) is 5.82 Å². The van der Waals surface area contributed by atoms with Gasteiger partial charge in [-0.05, 0) is 39.9 Å². The van der Waals surface area contributed by atoms with Crippen molar-refractivity contribution in [3.63, 3.8) is 0 Å². The number of hydrogen-bond acceptors (Lipinski definition) is 5. The maximum Gasteiger partial charge on any atom is 0.155 e. The third-order valence-corrected chi connectivity index (χ3v) is 5.12. The van der Waals surface area contributed by atoms with Crippen molar-refractivity contribution in [2.75, 3.05) is 12.8 Å². The minimum absolute atomic E-state index is 0.102. The maximum absolute atomic E-state index is 6.50. The average molecular weight is 442 g/mol. The molecule has 0 saturated heterocycles. The van der Waals surface area contributed by atoms with Crippen LogP contribution in [0.1, 0.15) is 89.7 Å². The highest BCUT2D eigenvalue weighted by Crippen LogP contribution is 2.34. The lowest BCUT2D eigenvalue weighted by atomic mass is 10.0. The lowest BCUT2D eigenvalue weighted by molar-refractivity contribution is 0.406. The van der Waals surface area contributed by atoms with E-state index in [1.807, 2.05) is 31.8 Å². The molecule has 2 aromatic heterocycles. The second kappa shape index (κ2) is 13.6. The van der Waals surface area contributed by atoms with Crippen LogP contribution >= 0.6 is 0 Å². The number of nitrogen functional groups attached to an aromatic ring is 1. The zero-order valence-electron chi connectivity index (χ0n) is 21.0. The predicted octanol–water partition coefficient (Wildman–Crippen LogP) is 5.58. The molecule has 0 saturated carbocycles. The Morgan fingerprint density at radius 3 is 2.50 bits per heavy atom. The van der Waals surface area contributed by atoms with Crippen molar-refractivity contribution in [3.8, 4) is 0 Å². The summed E-state index contributed by atoms with van der Waals surface area (Å²) in [6.07, 6.45) is 13.6. The van der Waals surface area contributed by atoms with Crippen LogP contribution in [0, 0.1) is 0 Å². The molecule has 3 heterocycles. The fourth-order valence-corrected chi connectivity index (χ4v) is 3.65. The van der Waals surface area contributed by atoms with Crippen LogP contribution in [0.3, 0.4) is 0 Å². The summed E-state index contributed by atoms with van der Waals surface area (Å²) in [5.41, 5.74) is 15.6. The molecule has 0 bridgehead atoms. The van der Waals surface area contributed by atoms with Gasteiger partial charge < -0.3 is 16.0 Å². The Morgan fingerprint density at radius 1 is 1.31 bits per heavy atom. The molecule has 0 spiro atoms. The molecule has 2 aromatic rings. The zero-order valence-corrected chi connectivity index (χ0v) is 21.0. The quantitative estimate of drug-likeness (QED) is 0.522. The number of anilines is 1. The summed E-state index contributed by atoms with van der Waals surface area (Å²) in [4.78, 5) is 5.05. The third-order valence-electron chi connectivity index (χ3n) is 5.12. The van der Waals surface area contributed by atoms with Gasteiger partial charge >= 0.3 is 0 Å². The Labute approximate surface area is 194 Å². The SMILES string of the molecule is C=CN.CC.CC/C=C\c1c(C2=Nc3c(CCC)cnn3C(NC)C2)cn(C(C)C)c1N. The highest BCUT2D eigenvalue weighted by molar-refractivity contribution is 6.06. The van der Waals surface area contributed by atoms with E-state index in [9.17, 15) is 0 Å². The van der Waals surface area contributed by atoms with E-state index in [0.717, 1.165) is 54.2 Å². The van der Waals surface area contributed by atoms with Crippen LogP contribution in [-0.4, -0.2) is 27.1 Å². The summed E-state index contributed by atoms with van der Waals surface area (Å²) < 4.78 is 4.15. The molecule has 7 heteroatoms. The van der Waals surface area contributed by atoms with E-state index in [1.54, 1.807) is 0 Å². The summed E-state index contributed by atoms with van der Waals surface area (Å²) in [7, 11) is 1.98. The van der Waals surface area contributed by atoms with Gasteiger partial charge in [0.25, 0.3) is 0 Å². The molecule has 178 valence electrons. The molecule has 0 amide bonds. The molecule has 7 nitrogen and oxygen atoms in total. The van der Waals surface area contributed by atoms with Gasteiger partial charge in [0.05, 0.1) is 11.9 Å². The number of allylic oxidation sites excluding steroid dienone is 1. The summed E-state index contributed by atoms with van der Waals surface area (Å²) >= 11 is 0.